The van der Waals surface area contributed by atoms with Gasteiger partial charge in [0.05, 0.1) is 15.9 Å². The second-order valence-electron chi connectivity index (χ2n) is 3.70. The van der Waals surface area contributed by atoms with E-state index in [1.807, 2.05) is 0 Å². The summed E-state index contributed by atoms with van der Waals surface area (Å²) in [5, 5.41) is 5.26. The van der Waals surface area contributed by atoms with Gasteiger partial charge in [-0.3, -0.25) is 4.79 Å². The van der Waals surface area contributed by atoms with E-state index >= 15 is 0 Å². The summed E-state index contributed by atoms with van der Waals surface area (Å²) in [5.41, 5.74) is 0.656. The van der Waals surface area contributed by atoms with Gasteiger partial charge in [-0.2, -0.15) is 0 Å². The highest BCUT2D eigenvalue weighted by Crippen LogP contribution is 2.20. The highest BCUT2D eigenvalue weighted by atomic mass is 79.9. The fourth-order valence-electron chi connectivity index (χ4n) is 1.40. The third kappa shape index (κ3) is 4.53. The second-order valence-corrected chi connectivity index (χ2v) is 6.42. The number of carbonyl (C=O) groups is 1. The van der Waals surface area contributed by atoms with E-state index in [-0.39, 0.29) is 5.91 Å². The minimum atomic E-state index is -0.0957. The number of thiophene rings is 1. The van der Waals surface area contributed by atoms with E-state index in [9.17, 15) is 4.79 Å². The number of carbonyl (C=O) groups excluding carboxylic acids is 1. The van der Waals surface area contributed by atoms with Crippen LogP contribution in [0.5, 0.6) is 5.75 Å². The van der Waals surface area contributed by atoms with Gasteiger partial charge in [-0.05, 0) is 46.3 Å². The second kappa shape index (κ2) is 6.93. The van der Waals surface area contributed by atoms with Crippen LogP contribution in [-0.2, 0) is 0 Å². The fraction of sp³-hybridized carbons (Fsp3) is 0.154. The summed E-state index contributed by atoms with van der Waals surface area (Å²) in [4.78, 5) is 11.7. The number of nitrogens with one attached hydrogen (secondary N) is 1. The lowest BCUT2D eigenvalue weighted by atomic mass is 10.3. The molecule has 6 heteroatoms. The van der Waals surface area contributed by atoms with Crippen LogP contribution < -0.4 is 10.1 Å². The predicted molar refractivity (Wildman–Crippen MR) is 81.3 cm³/mol. The molecule has 2 rings (SSSR count). The Labute approximate surface area is 128 Å². The predicted octanol–water partition coefficient (Wildman–Crippen LogP) is 3.97. The SMILES string of the molecule is O=C(NCCOc1ccc(Cl)cc1)c1csc(Br)c1. The van der Waals surface area contributed by atoms with Crippen LogP contribution in [0.3, 0.4) is 0 Å². The third-order valence-corrected chi connectivity index (χ3v) is 4.06. The molecule has 0 radical (unpaired) electrons. The standard InChI is InChI=1S/C13H11BrClNO2S/c14-12-7-9(8-19-12)13(17)16-5-6-18-11-3-1-10(15)2-4-11/h1-4,7-8H,5-6H2,(H,16,17). The average Bonchev–Trinajstić information content (AvgIpc) is 2.83. The molecule has 100 valence electrons. The van der Waals surface area contributed by atoms with E-state index in [1.54, 1.807) is 35.7 Å². The Hall–Kier alpha value is -1.04. The molecular weight excluding hydrogens is 350 g/mol. The molecule has 0 unspecified atom stereocenters. The maximum Gasteiger partial charge on any atom is 0.252 e. The Morgan fingerprint density at radius 2 is 2.11 bits per heavy atom. The van der Waals surface area contributed by atoms with Crippen LogP contribution in [0.1, 0.15) is 10.4 Å². The summed E-state index contributed by atoms with van der Waals surface area (Å²) in [6.07, 6.45) is 0. The molecule has 0 bridgehead atoms. The minimum absolute atomic E-state index is 0.0957. The lowest BCUT2D eigenvalue weighted by molar-refractivity contribution is 0.0947. The van der Waals surface area contributed by atoms with E-state index in [1.165, 1.54) is 11.3 Å². The van der Waals surface area contributed by atoms with E-state index < -0.39 is 0 Å². The summed E-state index contributed by atoms with van der Waals surface area (Å²) in [6, 6.07) is 8.90. The first kappa shape index (κ1) is 14.4. The Morgan fingerprint density at radius 3 is 2.74 bits per heavy atom. The van der Waals surface area contributed by atoms with Crippen LogP contribution in [0.4, 0.5) is 0 Å². The Morgan fingerprint density at radius 1 is 1.37 bits per heavy atom. The van der Waals surface area contributed by atoms with Crippen molar-refractivity contribution in [1.82, 2.24) is 5.32 Å². The zero-order chi connectivity index (χ0) is 13.7. The molecule has 0 atom stereocenters. The first-order valence-electron chi connectivity index (χ1n) is 5.56. The fourth-order valence-corrected chi connectivity index (χ4v) is 2.66. The van der Waals surface area contributed by atoms with Gasteiger partial charge in [-0.25, -0.2) is 0 Å². The van der Waals surface area contributed by atoms with Gasteiger partial charge in [0.25, 0.3) is 5.91 Å². The maximum absolute atomic E-state index is 11.7. The highest BCUT2D eigenvalue weighted by molar-refractivity contribution is 9.11. The molecule has 0 spiro atoms. The lowest BCUT2D eigenvalue weighted by Gasteiger charge is -2.07. The van der Waals surface area contributed by atoms with Crippen LogP contribution in [0.15, 0.2) is 39.5 Å². The first-order valence-corrected chi connectivity index (χ1v) is 7.61. The number of halogens is 2. The van der Waals surface area contributed by atoms with Gasteiger partial charge in [0.15, 0.2) is 0 Å². The van der Waals surface area contributed by atoms with Gasteiger partial charge in [0.2, 0.25) is 0 Å². The monoisotopic (exact) mass is 359 g/mol. The summed E-state index contributed by atoms with van der Waals surface area (Å²) < 4.78 is 6.41. The summed E-state index contributed by atoms with van der Waals surface area (Å²) >= 11 is 10.6. The van der Waals surface area contributed by atoms with Crippen molar-refractivity contribution in [2.45, 2.75) is 0 Å². The summed E-state index contributed by atoms with van der Waals surface area (Å²) in [6.45, 7) is 0.869. The normalized spacial score (nSPS) is 10.2. The maximum atomic E-state index is 11.7. The minimum Gasteiger partial charge on any atom is -0.492 e. The molecule has 0 saturated carbocycles. The van der Waals surface area contributed by atoms with Gasteiger partial charge >= 0.3 is 0 Å². The van der Waals surface area contributed by atoms with Gasteiger partial charge in [-0.15, -0.1) is 11.3 Å². The molecule has 0 aliphatic heterocycles. The molecule has 0 aliphatic carbocycles. The number of rotatable bonds is 5. The van der Waals surface area contributed by atoms with Crippen molar-refractivity contribution in [1.29, 1.82) is 0 Å². The van der Waals surface area contributed by atoms with E-state index in [0.717, 1.165) is 9.54 Å². The van der Waals surface area contributed by atoms with E-state index in [4.69, 9.17) is 16.3 Å². The lowest BCUT2D eigenvalue weighted by Crippen LogP contribution is -2.27. The Balaban J connectivity index is 1.72. The molecule has 1 aromatic carbocycles. The average molecular weight is 361 g/mol. The number of hydrogen-bond donors (Lipinski definition) is 1. The number of ether oxygens (including phenoxy) is 1. The van der Waals surface area contributed by atoms with Crippen LogP contribution in [0.2, 0.25) is 5.02 Å². The molecule has 2 aromatic rings. The molecule has 19 heavy (non-hydrogen) atoms. The van der Waals surface area contributed by atoms with Crippen molar-refractivity contribution in [2.75, 3.05) is 13.2 Å². The van der Waals surface area contributed by atoms with Gasteiger partial charge in [-0.1, -0.05) is 11.6 Å². The van der Waals surface area contributed by atoms with Crippen molar-refractivity contribution in [3.05, 3.63) is 50.1 Å². The van der Waals surface area contributed by atoms with Crippen molar-refractivity contribution >= 4 is 44.8 Å². The van der Waals surface area contributed by atoms with Crippen LogP contribution >= 0.6 is 38.9 Å². The van der Waals surface area contributed by atoms with Crippen molar-refractivity contribution in [3.8, 4) is 5.75 Å². The zero-order valence-electron chi connectivity index (χ0n) is 9.86. The third-order valence-electron chi connectivity index (χ3n) is 2.30. The highest BCUT2D eigenvalue weighted by Gasteiger charge is 2.06. The molecule has 1 amide bonds. The number of benzene rings is 1. The molecule has 0 fully saturated rings. The molecule has 1 heterocycles. The largest absolute Gasteiger partial charge is 0.492 e. The summed E-state index contributed by atoms with van der Waals surface area (Å²) in [5.74, 6) is 0.638. The van der Waals surface area contributed by atoms with Crippen LogP contribution in [0.25, 0.3) is 0 Å². The zero-order valence-corrected chi connectivity index (χ0v) is 13.0. The molecule has 3 nitrogen and oxygen atoms in total. The summed E-state index contributed by atoms with van der Waals surface area (Å²) in [7, 11) is 0. The number of amides is 1. The number of hydrogen-bond acceptors (Lipinski definition) is 3. The van der Waals surface area contributed by atoms with Crippen molar-refractivity contribution in [2.24, 2.45) is 0 Å². The smallest absolute Gasteiger partial charge is 0.252 e. The van der Waals surface area contributed by atoms with E-state index in [0.29, 0.717) is 23.7 Å². The first-order chi connectivity index (χ1) is 9.15. The van der Waals surface area contributed by atoms with Crippen LogP contribution in [0, 0.1) is 0 Å². The van der Waals surface area contributed by atoms with Gasteiger partial charge in [0, 0.05) is 10.4 Å². The molecular formula is C13H11BrClNO2S. The van der Waals surface area contributed by atoms with E-state index in [2.05, 4.69) is 21.2 Å². The molecule has 0 aliphatic rings. The van der Waals surface area contributed by atoms with Crippen molar-refractivity contribution < 1.29 is 9.53 Å². The van der Waals surface area contributed by atoms with Crippen LogP contribution in [-0.4, -0.2) is 19.1 Å². The Kier molecular flexibility index (Phi) is 5.24. The molecule has 1 N–H and O–H groups in total. The quantitative estimate of drug-likeness (QED) is 0.819. The van der Waals surface area contributed by atoms with Crippen molar-refractivity contribution in [3.63, 3.8) is 0 Å². The molecule has 0 saturated heterocycles. The topological polar surface area (TPSA) is 38.3 Å². The molecule has 1 aromatic heterocycles. The van der Waals surface area contributed by atoms with Gasteiger partial charge < -0.3 is 10.1 Å². The Bertz CT molecular complexity index is 556. The van der Waals surface area contributed by atoms with Gasteiger partial charge in [0.1, 0.15) is 12.4 Å².